The van der Waals surface area contributed by atoms with Gasteiger partial charge in [0.2, 0.25) is 0 Å². The smallest absolute Gasteiger partial charge is 0.289 e. The molecule has 1 aliphatic carbocycles. The first-order chi connectivity index (χ1) is 9.91. The van der Waals surface area contributed by atoms with Crippen molar-refractivity contribution in [3.63, 3.8) is 0 Å². The van der Waals surface area contributed by atoms with Crippen molar-refractivity contribution in [1.82, 2.24) is 0 Å². The van der Waals surface area contributed by atoms with E-state index in [1.165, 1.54) is 12.2 Å². The van der Waals surface area contributed by atoms with Crippen LogP contribution in [0.1, 0.15) is 20.7 Å². The predicted octanol–water partition coefficient (Wildman–Crippen LogP) is 2.47. The highest BCUT2D eigenvalue weighted by molar-refractivity contribution is 7.88. The number of carbonyl (C=O) groups is 2. The average Bonchev–Trinajstić information content (AvgIpc) is 2.44. The van der Waals surface area contributed by atoms with E-state index in [4.69, 9.17) is 11.1 Å². The summed E-state index contributed by atoms with van der Waals surface area (Å²) in [5.41, 5.74) is 16.1. The van der Waals surface area contributed by atoms with E-state index in [0.717, 1.165) is 0 Å². The van der Waals surface area contributed by atoms with Gasteiger partial charge in [-0.05, 0) is 23.2 Å². The topological polar surface area (TPSA) is 166 Å². The minimum absolute atomic E-state index is 0.0924. The maximum Gasteiger partial charge on any atom is 0.321 e. The Bertz CT molecular complexity index is 755. The molecular formula is C10H6N6O4S. The monoisotopic (exact) mass is 306 g/mol. The number of hydrogen-bond donors (Lipinski definition) is 0. The number of rotatable bonds is 2. The zero-order chi connectivity index (χ0) is 15.9. The van der Waals surface area contributed by atoms with Crippen LogP contribution in [0.2, 0.25) is 0 Å². The first kappa shape index (κ1) is 15.9. The van der Waals surface area contributed by atoms with Crippen molar-refractivity contribution < 1.29 is 18.0 Å². The Morgan fingerprint density at radius 3 is 1.57 bits per heavy atom. The van der Waals surface area contributed by atoms with E-state index in [1.807, 2.05) is 9.82 Å². The zero-order valence-corrected chi connectivity index (χ0v) is 11.0. The number of nitrogens with zero attached hydrogens (tertiary/aromatic N) is 6. The van der Waals surface area contributed by atoms with Crippen molar-refractivity contribution in [2.75, 3.05) is 0 Å². The lowest BCUT2D eigenvalue weighted by molar-refractivity contribution is 0.0994. The lowest BCUT2D eigenvalue weighted by atomic mass is 9.95. The van der Waals surface area contributed by atoms with Crippen LogP contribution in [0.15, 0.2) is 45.5 Å². The SMILES string of the molecule is O=C1C=CC(=O)c2ccccc21.[N-]=[N+]=NS(=O)(=O)N=[N+]=[N-]. The molecule has 0 fully saturated rings. The van der Waals surface area contributed by atoms with Crippen LogP contribution in [0.25, 0.3) is 20.9 Å². The molecule has 0 unspecified atom stereocenters. The van der Waals surface area contributed by atoms with Crippen molar-refractivity contribution in [2.24, 2.45) is 9.04 Å². The van der Waals surface area contributed by atoms with Gasteiger partial charge in [-0.2, -0.15) is 0 Å². The van der Waals surface area contributed by atoms with Crippen LogP contribution in [0.5, 0.6) is 0 Å². The molecule has 0 spiro atoms. The molecule has 2 rings (SSSR count). The number of hydrogen-bond acceptors (Lipinski definition) is 4. The van der Waals surface area contributed by atoms with Crippen molar-refractivity contribution in [2.45, 2.75) is 0 Å². The highest BCUT2D eigenvalue weighted by Gasteiger charge is 2.16. The molecular weight excluding hydrogens is 300 g/mol. The van der Waals surface area contributed by atoms with E-state index in [0.29, 0.717) is 11.1 Å². The van der Waals surface area contributed by atoms with Gasteiger partial charge in [0.1, 0.15) is 0 Å². The molecule has 0 saturated heterocycles. The molecule has 0 bridgehead atoms. The number of azide groups is 1. The fourth-order valence-electron chi connectivity index (χ4n) is 1.35. The van der Waals surface area contributed by atoms with Gasteiger partial charge < -0.3 is 0 Å². The van der Waals surface area contributed by atoms with Crippen molar-refractivity contribution >= 4 is 21.8 Å². The molecule has 0 radical (unpaired) electrons. The van der Waals surface area contributed by atoms with Crippen LogP contribution in [-0.4, -0.2) is 20.0 Å². The Morgan fingerprint density at radius 2 is 1.24 bits per heavy atom. The second-order valence-electron chi connectivity index (χ2n) is 3.40. The number of carbonyl (C=O) groups excluding carboxylic acids is 2. The van der Waals surface area contributed by atoms with Crippen LogP contribution >= 0.6 is 0 Å². The van der Waals surface area contributed by atoms with Gasteiger partial charge in [0.15, 0.2) is 11.6 Å². The van der Waals surface area contributed by atoms with E-state index in [9.17, 15) is 18.0 Å². The molecule has 0 aliphatic heterocycles. The molecule has 1 aromatic rings. The van der Waals surface area contributed by atoms with Crippen molar-refractivity contribution in [3.8, 4) is 0 Å². The number of ketones is 2. The van der Waals surface area contributed by atoms with Gasteiger partial charge in [-0.25, -0.2) is 8.42 Å². The molecule has 11 heteroatoms. The Labute approximate surface area is 118 Å². The Morgan fingerprint density at radius 1 is 0.857 bits per heavy atom. The Balaban J connectivity index is 0.000000222. The van der Waals surface area contributed by atoms with E-state index in [1.54, 1.807) is 24.3 Å². The second kappa shape index (κ2) is 6.87. The summed E-state index contributed by atoms with van der Waals surface area (Å²) >= 11 is 0. The summed E-state index contributed by atoms with van der Waals surface area (Å²) in [5, 5.41) is 0. The fourth-order valence-corrected chi connectivity index (χ4v) is 1.57. The van der Waals surface area contributed by atoms with Gasteiger partial charge in [0, 0.05) is 30.0 Å². The first-order valence-corrected chi connectivity index (χ1v) is 6.54. The maximum atomic E-state index is 11.2. The zero-order valence-electron chi connectivity index (χ0n) is 10.2. The molecule has 21 heavy (non-hydrogen) atoms. The van der Waals surface area contributed by atoms with Gasteiger partial charge in [-0.3, -0.25) is 9.59 Å². The summed E-state index contributed by atoms with van der Waals surface area (Å²) < 4.78 is 24.3. The first-order valence-electron chi connectivity index (χ1n) is 5.14. The molecule has 0 heterocycles. The largest absolute Gasteiger partial charge is 0.321 e. The van der Waals surface area contributed by atoms with Crippen molar-refractivity contribution in [3.05, 3.63) is 68.4 Å². The highest BCUT2D eigenvalue weighted by atomic mass is 32.2. The number of benzene rings is 1. The summed E-state index contributed by atoms with van der Waals surface area (Å²) in [4.78, 5) is 26.2. The molecule has 0 aromatic heterocycles. The van der Waals surface area contributed by atoms with Gasteiger partial charge in [0.25, 0.3) is 0 Å². The van der Waals surface area contributed by atoms with E-state index < -0.39 is 10.2 Å². The molecule has 0 saturated carbocycles. The van der Waals surface area contributed by atoms with Gasteiger partial charge in [-0.1, -0.05) is 24.3 Å². The highest BCUT2D eigenvalue weighted by Crippen LogP contribution is 2.15. The molecule has 1 aliphatic rings. The molecule has 106 valence electrons. The van der Waals surface area contributed by atoms with Crippen molar-refractivity contribution in [1.29, 1.82) is 0 Å². The number of fused-ring (bicyclic) bond motifs is 1. The minimum Gasteiger partial charge on any atom is -0.289 e. The third kappa shape index (κ3) is 4.48. The number of allylic oxidation sites excluding steroid dienone is 2. The summed E-state index contributed by atoms with van der Waals surface area (Å²) in [6, 6.07) is 6.84. The van der Waals surface area contributed by atoms with E-state index >= 15 is 0 Å². The molecule has 10 nitrogen and oxygen atoms in total. The third-order valence-electron chi connectivity index (χ3n) is 2.12. The van der Waals surface area contributed by atoms with E-state index in [-0.39, 0.29) is 11.6 Å². The fraction of sp³-hybridized carbons (Fsp3) is 0. The van der Waals surface area contributed by atoms with Crippen LogP contribution in [0, 0.1) is 0 Å². The van der Waals surface area contributed by atoms with Gasteiger partial charge in [-0.15, -0.1) is 0 Å². The van der Waals surface area contributed by atoms with Crippen LogP contribution in [0.3, 0.4) is 0 Å². The van der Waals surface area contributed by atoms with Gasteiger partial charge in [0.05, 0.1) is 0 Å². The average molecular weight is 306 g/mol. The lowest BCUT2D eigenvalue weighted by Gasteiger charge is -2.06. The quantitative estimate of drug-likeness (QED) is 0.465. The molecule has 0 atom stereocenters. The van der Waals surface area contributed by atoms with Crippen LogP contribution in [0.4, 0.5) is 0 Å². The van der Waals surface area contributed by atoms with E-state index in [2.05, 4.69) is 9.04 Å². The maximum absolute atomic E-state index is 11.2. The standard InChI is InChI=1S/C10H6O2.N6O2S/c11-9-5-6-10(12)8-4-2-1-3-7(8)9;1-3-5-9(7,8)6-4-2/h1-6H;. The van der Waals surface area contributed by atoms with Crippen LogP contribution < -0.4 is 0 Å². The molecule has 0 N–H and O–H groups in total. The lowest BCUT2D eigenvalue weighted by Crippen LogP contribution is -2.10. The summed E-state index contributed by atoms with van der Waals surface area (Å²) in [6.07, 6.45) is 2.62. The Kier molecular flexibility index (Phi) is 5.21. The van der Waals surface area contributed by atoms with Gasteiger partial charge >= 0.3 is 10.2 Å². The van der Waals surface area contributed by atoms with Crippen LogP contribution in [-0.2, 0) is 10.2 Å². The Hall–Kier alpha value is -3.13. The molecule has 1 aromatic carbocycles. The third-order valence-corrected chi connectivity index (χ3v) is 2.68. The summed E-state index contributed by atoms with van der Waals surface area (Å²) in [6.45, 7) is 0. The summed E-state index contributed by atoms with van der Waals surface area (Å²) in [5.74, 6) is -0.185. The second-order valence-corrected chi connectivity index (χ2v) is 4.62. The summed E-state index contributed by atoms with van der Waals surface area (Å²) in [7, 11) is -4.27. The normalized spacial score (nSPS) is 12.2. The molecule has 0 amide bonds. The predicted molar refractivity (Wildman–Crippen MR) is 71.5 cm³/mol. The minimum atomic E-state index is -4.27.